The van der Waals surface area contributed by atoms with E-state index in [0.29, 0.717) is 25.9 Å². The minimum absolute atomic E-state index is 0.0688. The van der Waals surface area contributed by atoms with E-state index in [1.807, 2.05) is 43.3 Å². The van der Waals surface area contributed by atoms with Crippen LogP contribution in [0.15, 0.2) is 24.3 Å². The van der Waals surface area contributed by atoms with E-state index in [9.17, 15) is 9.90 Å². The molecule has 1 fully saturated rings. The Morgan fingerprint density at radius 2 is 2.05 bits per heavy atom. The highest BCUT2D eigenvalue weighted by atomic mass is 16.3. The van der Waals surface area contributed by atoms with Gasteiger partial charge in [0, 0.05) is 25.7 Å². The van der Waals surface area contributed by atoms with E-state index < -0.39 is 6.10 Å². The van der Waals surface area contributed by atoms with Crippen LogP contribution in [-0.2, 0) is 17.8 Å². The van der Waals surface area contributed by atoms with Gasteiger partial charge in [0.15, 0.2) is 0 Å². The van der Waals surface area contributed by atoms with E-state index >= 15 is 0 Å². The van der Waals surface area contributed by atoms with Crippen LogP contribution in [0.4, 0.5) is 0 Å². The summed E-state index contributed by atoms with van der Waals surface area (Å²) >= 11 is 0. The van der Waals surface area contributed by atoms with Crippen molar-refractivity contribution < 1.29 is 9.90 Å². The van der Waals surface area contributed by atoms with Gasteiger partial charge in [-0.3, -0.25) is 4.79 Å². The number of hydrogen-bond acceptors (Lipinski definition) is 4. The summed E-state index contributed by atoms with van der Waals surface area (Å²) in [5, 5.41) is 9.87. The van der Waals surface area contributed by atoms with Gasteiger partial charge in [0.05, 0.1) is 12.5 Å². The summed E-state index contributed by atoms with van der Waals surface area (Å²) < 4.78 is 0. The van der Waals surface area contributed by atoms with Gasteiger partial charge >= 0.3 is 0 Å². The SMILES string of the molecule is CN(C)CC1CC(O)CN1C(=O)Cc1ccccc1CN. The predicted octanol–water partition coefficient (Wildman–Crippen LogP) is 0.211. The Balaban J connectivity index is 2.08. The Morgan fingerprint density at radius 3 is 2.67 bits per heavy atom. The standard InChI is InChI=1S/C16H25N3O2/c1-18(2)10-14-8-15(20)11-19(14)16(21)7-12-5-3-4-6-13(12)9-17/h3-6,14-15,20H,7-11,17H2,1-2H3. The molecule has 1 aromatic rings. The number of aliphatic hydroxyl groups excluding tert-OH is 1. The number of β-amino-alcohol motifs (C(OH)–C–C–N with tert-alkyl or cyclic N) is 1. The van der Waals surface area contributed by atoms with Crippen LogP contribution < -0.4 is 5.73 Å². The van der Waals surface area contributed by atoms with Gasteiger partial charge in [-0.05, 0) is 31.6 Å². The van der Waals surface area contributed by atoms with Crippen molar-refractivity contribution in [1.29, 1.82) is 0 Å². The third-order valence-corrected chi connectivity index (χ3v) is 3.97. The summed E-state index contributed by atoms with van der Waals surface area (Å²) in [5.74, 6) is 0.0688. The van der Waals surface area contributed by atoms with Crippen molar-refractivity contribution in [3.05, 3.63) is 35.4 Å². The van der Waals surface area contributed by atoms with E-state index in [1.54, 1.807) is 0 Å². The molecule has 1 heterocycles. The number of amides is 1. The lowest BCUT2D eigenvalue weighted by molar-refractivity contribution is -0.131. The zero-order valence-electron chi connectivity index (χ0n) is 12.8. The van der Waals surface area contributed by atoms with Gasteiger partial charge in [-0.25, -0.2) is 0 Å². The highest BCUT2D eigenvalue weighted by Gasteiger charge is 2.34. The van der Waals surface area contributed by atoms with Crippen LogP contribution in [0.5, 0.6) is 0 Å². The molecule has 5 heteroatoms. The Morgan fingerprint density at radius 1 is 1.38 bits per heavy atom. The van der Waals surface area contributed by atoms with Crippen molar-refractivity contribution in [2.24, 2.45) is 5.73 Å². The molecule has 0 spiro atoms. The third kappa shape index (κ3) is 4.03. The fourth-order valence-electron chi connectivity index (χ4n) is 2.99. The first-order chi connectivity index (χ1) is 10.0. The molecule has 1 aliphatic rings. The summed E-state index contributed by atoms with van der Waals surface area (Å²) in [4.78, 5) is 16.4. The van der Waals surface area contributed by atoms with Crippen molar-refractivity contribution in [2.75, 3.05) is 27.2 Å². The molecule has 3 N–H and O–H groups in total. The lowest BCUT2D eigenvalue weighted by atomic mass is 10.0. The second-order valence-electron chi connectivity index (χ2n) is 6.00. The second-order valence-corrected chi connectivity index (χ2v) is 6.00. The fraction of sp³-hybridized carbons (Fsp3) is 0.562. The van der Waals surface area contributed by atoms with Gasteiger partial charge in [-0.1, -0.05) is 24.3 Å². The van der Waals surface area contributed by atoms with Crippen molar-refractivity contribution in [1.82, 2.24) is 9.80 Å². The van der Waals surface area contributed by atoms with E-state index in [0.717, 1.165) is 17.7 Å². The number of nitrogens with two attached hydrogens (primary N) is 1. The molecule has 0 radical (unpaired) electrons. The molecule has 0 aromatic heterocycles. The summed E-state index contributed by atoms with van der Waals surface area (Å²) in [7, 11) is 3.97. The zero-order chi connectivity index (χ0) is 15.4. The molecule has 1 saturated heterocycles. The summed E-state index contributed by atoms with van der Waals surface area (Å²) in [6.45, 7) is 1.65. The molecule has 116 valence electrons. The molecule has 1 aromatic carbocycles. The maximum Gasteiger partial charge on any atom is 0.227 e. The number of likely N-dealkylation sites (tertiary alicyclic amines) is 1. The molecular formula is C16H25N3O2. The number of likely N-dealkylation sites (N-methyl/N-ethyl adjacent to an activating group) is 1. The van der Waals surface area contributed by atoms with Crippen LogP contribution in [0.3, 0.4) is 0 Å². The van der Waals surface area contributed by atoms with Crippen molar-refractivity contribution >= 4 is 5.91 Å². The average molecular weight is 291 g/mol. The summed E-state index contributed by atoms with van der Waals surface area (Å²) in [6.07, 6.45) is 0.593. The van der Waals surface area contributed by atoms with Crippen LogP contribution in [-0.4, -0.2) is 60.1 Å². The molecule has 0 bridgehead atoms. The number of rotatable bonds is 5. The van der Waals surface area contributed by atoms with Gasteiger partial charge in [0.25, 0.3) is 0 Å². The molecule has 5 nitrogen and oxygen atoms in total. The highest BCUT2D eigenvalue weighted by Crippen LogP contribution is 2.20. The summed E-state index contributed by atoms with van der Waals surface area (Å²) in [6, 6.07) is 7.86. The molecular weight excluding hydrogens is 266 g/mol. The van der Waals surface area contributed by atoms with Gasteiger partial charge < -0.3 is 20.6 Å². The molecule has 0 aliphatic carbocycles. The molecule has 2 rings (SSSR count). The van der Waals surface area contributed by atoms with E-state index in [2.05, 4.69) is 4.90 Å². The quantitative estimate of drug-likeness (QED) is 0.814. The van der Waals surface area contributed by atoms with Crippen molar-refractivity contribution in [2.45, 2.75) is 31.5 Å². The molecule has 2 unspecified atom stereocenters. The number of carbonyl (C=O) groups excluding carboxylic acids is 1. The molecule has 2 atom stereocenters. The monoisotopic (exact) mass is 291 g/mol. The van der Waals surface area contributed by atoms with Crippen LogP contribution in [0, 0.1) is 0 Å². The van der Waals surface area contributed by atoms with Crippen LogP contribution >= 0.6 is 0 Å². The Bertz CT molecular complexity index is 490. The molecule has 21 heavy (non-hydrogen) atoms. The predicted molar refractivity (Wildman–Crippen MR) is 82.7 cm³/mol. The largest absolute Gasteiger partial charge is 0.391 e. The van der Waals surface area contributed by atoms with Crippen LogP contribution in [0.2, 0.25) is 0 Å². The van der Waals surface area contributed by atoms with Gasteiger partial charge in [-0.2, -0.15) is 0 Å². The number of benzene rings is 1. The molecule has 0 saturated carbocycles. The first kappa shape index (κ1) is 15.9. The molecule has 1 aliphatic heterocycles. The van der Waals surface area contributed by atoms with Gasteiger partial charge in [0.2, 0.25) is 5.91 Å². The van der Waals surface area contributed by atoms with Gasteiger partial charge in [-0.15, -0.1) is 0 Å². The Labute approximate surface area is 126 Å². The maximum absolute atomic E-state index is 12.6. The smallest absolute Gasteiger partial charge is 0.227 e. The van der Waals surface area contributed by atoms with E-state index in [1.165, 1.54) is 0 Å². The lowest BCUT2D eigenvalue weighted by Crippen LogP contribution is -2.42. The number of hydrogen-bond donors (Lipinski definition) is 2. The lowest BCUT2D eigenvalue weighted by Gasteiger charge is -2.27. The summed E-state index contributed by atoms with van der Waals surface area (Å²) in [5.41, 5.74) is 7.71. The zero-order valence-corrected chi connectivity index (χ0v) is 12.8. The topological polar surface area (TPSA) is 69.8 Å². The van der Waals surface area contributed by atoms with E-state index in [4.69, 9.17) is 5.73 Å². The number of carbonyl (C=O) groups is 1. The van der Waals surface area contributed by atoms with E-state index in [-0.39, 0.29) is 11.9 Å². The normalized spacial score (nSPS) is 22.0. The van der Waals surface area contributed by atoms with Crippen LogP contribution in [0.25, 0.3) is 0 Å². The fourth-order valence-corrected chi connectivity index (χ4v) is 2.99. The third-order valence-electron chi connectivity index (χ3n) is 3.97. The van der Waals surface area contributed by atoms with Crippen LogP contribution in [0.1, 0.15) is 17.5 Å². The Hall–Kier alpha value is -1.43. The van der Waals surface area contributed by atoms with Crippen molar-refractivity contribution in [3.8, 4) is 0 Å². The number of nitrogens with zero attached hydrogens (tertiary/aromatic N) is 2. The number of aliphatic hydroxyl groups is 1. The average Bonchev–Trinajstić information content (AvgIpc) is 2.79. The van der Waals surface area contributed by atoms with Gasteiger partial charge in [0.1, 0.15) is 0 Å². The van der Waals surface area contributed by atoms with Crippen molar-refractivity contribution in [3.63, 3.8) is 0 Å². The maximum atomic E-state index is 12.6. The highest BCUT2D eigenvalue weighted by molar-refractivity contribution is 5.80. The second kappa shape index (κ2) is 7.02. The molecule has 1 amide bonds. The minimum Gasteiger partial charge on any atom is -0.391 e. The Kier molecular flexibility index (Phi) is 5.33. The first-order valence-electron chi connectivity index (χ1n) is 7.40. The first-order valence-corrected chi connectivity index (χ1v) is 7.40. The minimum atomic E-state index is -0.413.